The summed E-state index contributed by atoms with van der Waals surface area (Å²) in [6, 6.07) is 6.01. The Bertz CT molecular complexity index is 396. The van der Waals surface area contributed by atoms with Crippen molar-refractivity contribution in [2.24, 2.45) is 0 Å². The molecule has 0 bridgehead atoms. The summed E-state index contributed by atoms with van der Waals surface area (Å²) < 4.78 is 11.6. The molecule has 0 spiro atoms. The molecule has 19 heavy (non-hydrogen) atoms. The number of hydrogen-bond acceptors (Lipinski definition) is 2. The molecule has 0 aliphatic heterocycles. The van der Waals surface area contributed by atoms with Gasteiger partial charge in [0.05, 0.1) is 13.2 Å². The van der Waals surface area contributed by atoms with Crippen LogP contribution in [0.2, 0.25) is 0 Å². The van der Waals surface area contributed by atoms with Crippen molar-refractivity contribution in [1.29, 1.82) is 0 Å². The molecule has 0 fully saturated rings. The summed E-state index contributed by atoms with van der Waals surface area (Å²) in [5.41, 5.74) is 2.09. The van der Waals surface area contributed by atoms with E-state index in [1.165, 1.54) is 0 Å². The summed E-state index contributed by atoms with van der Waals surface area (Å²) in [4.78, 5) is 0. The van der Waals surface area contributed by atoms with Gasteiger partial charge in [0.25, 0.3) is 0 Å². The van der Waals surface area contributed by atoms with Crippen LogP contribution in [0.1, 0.15) is 52.0 Å². The quantitative estimate of drug-likeness (QED) is 0.578. The fourth-order valence-electron chi connectivity index (χ4n) is 1.73. The number of hydrogen-bond donors (Lipinski definition) is 0. The normalized spacial score (nSPS) is 10.3. The van der Waals surface area contributed by atoms with E-state index >= 15 is 0 Å². The molecule has 2 nitrogen and oxygen atoms in total. The molecule has 106 valence electrons. The predicted molar refractivity (Wildman–Crippen MR) is 82.0 cm³/mol. The number of rotatable bonds is 9. The van der Waals surface area contributed by atoms with Crippen LogP contribution in [0.3, 0.4) is 0 Å². The van der Waals surface area contributed by atoms with Crippen molar-refractivity contribution in [3.05, 3.63) is 30.3 Å². The fraction of sp³-hybridized carbons (Fsp3) is 0.529. The first-order valence-electron chi connectivity index (χ1n) is 7.24. The zero-order chi connectivity index (χ0) is 14.1. The van der Waals surface area contributed by atoms with Crippen LogP contribution in [-0.2, 0) is 0 Å². The summed E-state index contributed by atoms with van der Waals surface area (Å²) in [6.07, 6.45) is 4.42. The maximum Gasteiger partial charge on any atom is 0.130 e. The fourth-order valence-corrected chi connectivity index (χ4v) is 1.73. The van der Waals surface area contributed by atoms with Gasteiger partial charge < -0.3 is 9.47 Å². The highest BCUT2D eigenvalue weighted by atomic mass is 16.5. The summed E-state index contributed by atoms with van der Waals surface area (Å²) in [6.45, 7) is 11.8. The van der Waals surface area contributed by atoms with Gasteiger partial charge in [-0.2, -0.15) is 0 Å². The van der Waals surface area contributed by atoms with Crippen LogP contribution >= 0.6 is 0 Å². The van der Waals surface area contributed by atoms with Crippen molar-refractivity contribution < 1.29 is 9.47 Å². The van der Waals surface area contributed by atoms with Crippen molar-refractivity contribution in [2.75, 3.05) is 13.2 Å². The maximum absolute atomic E-state index is 5.84. The molecule has 0 atom stereocenters. The Kier molecular flexibility index (Phi) is 7.09. The zero-order valence-electron chi connectivity index (χ0n) is 12.5. The molecule has 0 saturated carbocycles. The molecular formula is C17H26O2. The first kappa shape index (κ1) is 15.6. The Morgan fingerprint density at radius 1 is 1.05 bits per heavy atom. The van der Waals surface area contributed by atoms with E-state index in [0.29, 0.717) is 0 Å². The van der Waals surface area contributed by atoms with E-state index in [1.54, 1.807) is 0 Å². The molecule has 0 unspecified atom stereocenters. The molecule has 0 aliphatic rings. The highest BCUT2D eigenvalue weighted by molar-refractivity contribution is 5.68. The average Bonchev–Trinajstić information content (AvgIpc) is 2.39. The summed E-state index contributed by atoms with van der Waals surface area (Å²) in [7, 11) is 0. The van der Waals surface area contributed by atoms with Crippen molar-refractivity contribution in [2.45, 2.75) is 46.5 Å². The Labute approximate surface area is 117 Å². The van der Waals surface area contributed by atoms with Gasteiger partial charge in [-0.3, -0.25) is 0 Å². The van der Waals surface area contributed by atoms with Crippen LogP contribution in [0.4, 0.5) is 0 Å². The second kappa shape index (κ2) is 8.63. The first-order valence-corrected chi connectivity index (χ1v) is 7.24. The Hall–Kier alpha value is -1.44. The third kappa shape index (κ3) is 5.37. The smallest absolute Gasteiger partial charge is 0.130 e. The van der Waals surface area contributed by atoms with Crippen LogP contribution in [-0.4, -0.2) is 13.2 Å². The lowest BCUT2D eigenvalue weighted by molar-refractivity contribution is 0.293. The predicted octanol–water partition coefficient (Wildman–Crippen LogP) is 5.08. The Morgan fingerprint density at radius 3 is 2.26 bits per heavy atom. The molecule has 0 radical (unpaired) electrons. The molecule has 1 rings (SSSR count). The molecule has 1 aromatic carbocycles. The number of unbranched alkanes of at least 4 members (excludes halogenated alkanes) is 2. The number of allylic oxidation sites excluding steroid dienone is 1. The minimum atomic E-state index is 0.745. The van der Waals surface area contributed by atoms with E-state index in [9.17, 15) is 0 Å². The monoisotopic (exact) mass is 262 g/mol. The molecule has 0 amide bonds. The van der Waals surface area contributed by atoms with Crippen LogP contribution in [0, 0.1) is 0 Å². The highest BCUT2D eigenvalue weighted by Gasteiger charge is 2.07. The second-order valence-electron chi connectivity index (χ2n) is 4.84. The third-order valence-corrected chi connectivity index (χ3v) is 2.93. The molecular weight excluding hydrogens is 236 g/mol. The molecule has 0 heterocycles. The van der Waals surface area contributed by atoms with Gasteiger partial charge in [-0.05, 0) is 37.5 Å². The van der Waals surface area contributed by atoms with E-state index in [1.807, 2.05) is 25.1 Å². The standard InChI is InChI=1S/C17H26O2/c1-5-7-11-18-15-9-10-16(14(3)4)17(13-15)19-12-8-6-2/h9-10,13H,3,5-8,11-12H2,1-2,4H3. The van der Waals surface area contributed by atoms with Crippen LogP contribution in [0.25, 0.3) is 5.57 Å². The van der Waals surface area contributed by atoms with Gasteiger partial charge in [-0.15, -0.1) is 0 Å². The topological polar surface area (TPSA) is 18.5 Å². The second-order valence-corrected chi connectivity index (χ2v) is 4.84. The first-order chi connectivity index (χ1) is 9.19. The van der Waals surface area contributed by atoms with Crippen LogP contribution in [0.15, 0.2) is 24.8 Å². The van der Waals surface area contributed by atoms with E-state index in [-0.39, 0.29) is 0 Å². The number of ether oxygens (including phenoxy) is 2. The van der Waals surface area contributed by atoms with Gasteiger partial charge in [0.15, 0.2) is 0 Å². The lowest BCUT2D eigenvalue weighted by atomic mass is 10.1. The highest BCUT2D eigenvalue weighted by Crippen LogP contribution is 2.29. The third-order valence-electron chi connectivity index (χ3n) is 2.93. The van der Waals surface area contributed by atoms with Gasteiger partial charge >= 0.3 is 0 Å². The van der Waals surface area contributed by atoms with E-state index in [2.05, 4.69) is 20.4 Å². The van der Waals surface area contributed by atoms with Gasteiger partial charge in [0, 0.05) is 11.6 Å². The molecule has 2 heteroatoms. The molecule has 1 aromatic rings. The SMILES string of the molecule is C=C(C)c1ccc(OCCCC)cc1OCCCC. The average molecular weight is 262 g/mol. The van der Waals surface area contributed by atoms with E-state index in [0.717, 1.165) is 61.5 Å². The Balaban J connectivity index is 2.75. The molecule has 0 aromatic heterocycles. The largest absolute Gasteiger partial charge is 0.493 e. The molecule has 0 N–H and O–H groups in total. The van der Waals surface area contributed by atoms with Crippen LogP contribution in [0.5, 0.6) is 11.5 Å². The maximum atomic E-state index is 5.84. The van der Waals surface area contributed by atoms with Gasteiger partial charge in [-0.1, -0.05) is 33.3 Å². The van der Waals surface area contributed by atoms with E-state index < -0.39 is 0 Å². The number of benzene rings is 1. The van der Waals surface area contributed by atoms with Crippen molar-refractivity contribution in [1.82, 2.24) is 0 Å². The Morgan fingerprint density at radius 2 is 1.68 bits per heavy atom. The summed E-state index contributed by atoms with van der Waals surface area (Å²) in [5.74, 6) is 1.76. The lowest BCUT2D eigenvalue weighted by Gasteiger charge is -2.13. The molecule has 0 saturated heterocycles. The lowest BCUT2D eigenvalue weighted by Crippen LogP contribution is -2.01. The van der Waals surface area contributed by atoms with Gasteiger partial charge in [-0.25, -0.2) is 0 Å². The van der Waals surface area contributed by atoms with Gasteiger partial charge in [0.2, 0.25) is 0 Å². The van der Waals surface area contributed by atoms with Crippen molar-refractivity contribution >= 4 is 5.57 Å². The summed E-state index contributed by atoms with van der Waals surface area (Å²) in [5, 5.41) is 0. The summed E-state index contributed by atoms with van der Waals surface area (Å²) >= 11 is 0. The zero-order valence-corrected chi connectivity index (χ0v) is 12.5. The van der Waals surface area contributed by atoms with Crippen molar-refractivity contribution in [3.63, 3.8) is 0 Å². The van der Waals surface area contributed by atoms with Gasteiger partial charge in [0.1, 0.15) is 11.5 Å². The van der Waals surface area contributed by atoms with Crippen molar-refractivity contribution in [3.8, 4) is 11.5 Å². The minimum absolute atomic E-state index is 0.745. The van der Waals surface area contributed by atoms with Crippen LogP contribution < -0.4 is 9.47 Å². The van der Waals surface area contributed by atoms with E-state index in [4.69, 9.17) is 9.47 Å². The minimum Gasteiger partial charge on any atom is -0.493 e. The molecule has 0 aliphatic carbocycles.